The largest absolute Gasteiger partial charge is 0.319 e. The average Bonchev–Trinajstić information content (AvgIpc) is 2.70. The molecule has 3 heteroatoms. The molecule has 0 saturated heterocycles. The third kappa shape index (κ3) is 2.63. The predicted molar refractivity (Wildman–Crippen MR) is 73.3 cm³/mol. The van der Waals surface area contributed by atoms with Gasteiger partial charge in [0.05, 0.1) is 5.54 Å². The standard InChI is InChI=1S/C13H16INO/c14-11-5-3-10(4-6-11)9-12(16)13(15)7-1-2-8-13/h3-6H,1-2,7-9,15H2. The zero-order valence-corrected chi connectivity index (χ0v) is 11.4. The fourth-order valence-corrected chi connectivity index (χ4v) is 2.61. The van der Waals surface area contributed by atoms with Gasteiger partial charge in [-0.1, -0.05) is 25.0 Å². The van der Waals surface area contributed by atoms with Crippen molar-refractivity contribution in [2.24, 2.45) is 5.73 Å². The normalized spacial score (nSPS) is 18.6. The molecule has 16 heavy (non-hydrogen) atoms. The van der Waals surface area contributed by atoms with Crippen molar-refractivity contribution in [3.63, 3.8) is 0 Å². The Morgan fingerprint density at radius 2 is 1.81 bits per heavy atom. The number of carbonyl (C=O) groups is 1. The lowest BCUT2D eigenvalue weighted by atomic mass is 9.89. The molecular formula is C13H16INO. The Kier molecular flexibility index (Phi) is 3.64. The van der Waals surface area contributed by atoms with Crippen LogP contribution in [0.5, 0.6) is 0 Å². The van der Waals surface area contributed by atoms with E-state index in [0.29, 0.717) is 6.42 Å². The van der Waals surface area contributed by atoms with E-state index in [9.17, 15) is 4.79 Å². The summed E-state index contributed by atoms with van der Waals surface area (Å²) in [6.45, 7) is 0. The summed E-state index contributed by atoms with van der Waals surface area (Å²) < 4.78 is 1.19. The van der Waals surface area contributed by atoms with E-state index in [-0.39, 0.29) is 5.78 Å². The van der Waals surface area contributed by atoms with Gasteiger partial charge in [-0.15, -0.1) is 0 Å². The molecule has 1 aromatic carbocycles. The predicted octanol–water partition coefficient (Wildman–Crippen LogP) is 2.67. The van der Waals surface area contributed by atoms with Crippen LogP contribution in [0.4, 0.5) is 0 Å². The highest BCUT2D eigenvalue weighted by Crippen LogP contribution is 2.29. The second-order valence-corrected chi connectivity index (χ2v) is 5.84. The van der Waals surface area contributed by atoms with Crippen LogP contribution >= 0.6 is 22.6 Å². The van der Waals surface area contributed by atoms with Crippen LogP contribution in [0.3, 0.4) is 0 Å². The van der Waals surface area contributed by atoms with E-state index in [1.807, 2.05) is 24.3 Å². The van der Waals surface area contributed by atoms with Crippen molar-refractivity contribution in [1.82, 2.24) is 0 Å². The van der Waals surface area contributed by atoms with Crippen LogP contribution in [0, 0.1) is 3.57 Å². The Morgan fingerprint density at radius 3 is 2.38 bits per heavy atom. The average molecular weight is 329 g/mol. The van der Waals surface area contributed by atoms with Gasteiger partial charge in [0.25, 0.3) is 0 Å². The van der Waals surface area contributed by atoms with Gasteiger partial charge in [0, 0.05) is 9.99 Å². The molecule has 0 aromatic heterocycles. The first-order chi connectivity index (χ1) is 7.60. The molecular weight excluding hydrogens is 313 g/mol. The molecule has 0 amide bonds. The maximum atomic E-state index is 12.1. The number of hydrogen-bond acceptors (Lipinski definition) is 2. The summed E-state index contributed by atoms with van der Waals surface area (Å²) in [5.74, 6) is 0.200. The Morgan fingerprint density at radius 1 is 1.25 bits per heavy atom. The highest BCUT2D eigenvalue weighted by atomic mass is 127. The summed E-state index contributed by atoms with van der Waals surface area (Å²) >= 11 is 2.26. The third-order valence-electron chi connectivity index (χ3n) is 3.33. The maximum Gasteiger partial charge on any atom is 0.156 e. The van der Waals surface area contributed by atoms with E-state index in [2.05, 4.69) is 22.6 Å². The number of halogens is 1. The molecule has 0 aliphatic heterocycles. The first-order valence-corrected chi connectivity index (χ1v) is 6.75. The second-order valence-electron chi connectivity index (χ2n) is 4.59. The fraction of sp³-hybridized carbons (Fsp3) is 0.462. The molecule has 86 valence electrons. The van der Waals surface area contributed by atoms with Gasteiger partial charge in [0.1, 0.15) is 0 Å². The Bertz CT molecular complexity index is 379. The van der Waals surface area contributed by atoms with Crippen LogP contribution in [0.1, 0.15) is 31.2 Å². The summed E-state index contributed by atoms with van der Waals surface area (Å²) in [5, 5.41) is 0. The van der Waals surface area contributed by atoms with Crippen LogP contribution in [-0.2, 0) is 11.2 Å². The summed E-state index contributed by atoms with van der Waals surface area (Å²) in [5.41, 5.74) is 6.66. The molecule has 0 radical (unpaired) electrons. The van der Waals surface area contributed by atoms with Crippen molar-refractivity contribution in [2.45, 2.75) is 37.6 Å². The Balaban J connectivity index is 2.04. The van der Waals surface area contributed by atoms with E-state index in [0.717, 1.165) is 31.2 Å². The van der Waals surface area contributed by atoms with Crippen LogP contribution in [-0.4, -0.2) is 11.3 Å². The van der Waals surface area contributed by atoms with Gasteiger partial charge in [0.15, 0.2) is 5.78 Å². The van der Waals surface area contributed by atoms with Gasteiger partial charge >= 0.3 is 0 Å². The van der Waals surface area contributed by atoms with Crippen LogP contribution < -0.4 is 5.73 Å². The molecule has 2 rings (SSSR count). The molecule has 2 N–H and O–H groups in total. The number of ketones is 1. The van der Waals surface area contributed by atoms with Gasteiger partial charge in [-0.05, 0) is 53.1 Å². The van der Waals surface area contributed by atoms with Crippen molar-refractivity contribution in [1.29, 1.82) is 0 Å². The minimum Gasteiger partial charge on any atom is -0.319 e. The molecule has 1 saturated carbocycles. The number of Topliss-reactive ketones (excluding diaryl/α,β-unsaturated/α-hetero) is 1. The van der Waals surface area contributed by atoms with E-state index in [1.165, 1.54) is 3.57 Å². The van der Waals surface area contributed by atoms with Crippen LogP contribution in [0.2, 0.25) is 0 Å². The van der Waals surface area contributed by atoms with Gasteiger partial charge in [-0.3, -0.25) is 4.79 Å². The lowest BCUT2D eigenvalue weighted by molar-refractivity contribution is -0.123. The van der Waals surface area contributed by atoms with Gasteiger partial charge in [-0.2, -0.15) is 0 Å². The minimum atomic E-state index is -0.539. The molecule has 1 fully saturated rings. The van der Waals surface area contributed by atoms with Crippen molar-refractivity contribution >= 4 is 28.4 Å². The number of nitrogens with two attached hydrogens (primary N) is 1. The molecule has 0 atom stereocenters. The Labute approximate surface area is 110 Å². The lowest BCUT2D eigenvalue weighted by Crippen LogP contribution is -2.46. The molecule has 1 aliphatic carbocycles. The zero-order valence-electron chi connectivity index (χ0n) is 9.21. The molecule has 0 bridgehead atoms. The summed E-state index contributed by atoms with van der Waals surface area (Å²) in [6.07, 6.45) is 4.38. The number of carbonyl (C=O) groups excluding carboxylic acids is 1. The van der Waals surface area contributed by atoms with Gasteiger partial charge in [0.2, 0.25) is 0 Å². The fourth-order valence-electron chi connectivity index (χ4n) is 2.25. The molecule has 0 unspecified atom stereocenters. The number of benzene rings is 1. The molecule has 0 spiro atoms. The SMILES string of the molecule is NC1(C(=O)Cc2ccc(I)cc2)CCCC1. The van der Waals surface area contributed by atoms with Crippen molar-refractivity contribution in [2.75, 3.05) is 0 Å². The summed E-state index contributed by atoms with van der Waals surface area (Å²) in [7, 11) is 0. The smallest absolute Gasteiger partial charge is 0.156 e. The van der Waals surface area contributed by atoms with E-state index in [4.69, 9.17) is 5.73 Å². The minimum absolute atomic E-state index is 0.200. The summed E-state index contributed by atoms with van der Waals surface area (Å²) in [6, 6.07) is 8.08. The zero-order chi connectivity index (χ0) is 11.6. The van der Waals surface area contributed by atoms with Crippen LogP contribution in [0.15, 0.2) is 24.3 Å². The van der Waals surface area contributed by atoms with Crippen molar-refractivity contribution in [3.05, 3.63) is 33.4 Å². The number of rotatable bonds is 3. The summed E-state index contributed by atoms with van der Waals surface area (Å²) in [4.78, 5) is 12.1. The topological polar surface area (TPSA) is 43.1 Å². The monoisotopic (exact) mass is 329 g/mol. The lowest BCUT2D eigenvalue weighted by Gasteiger charge is -2.21. The first kappa shape index (κ1) is 12.0. The first-order valence-electron chi connectivity index (χ1n) is 5.67. The maximum absolute atomic E-state index is 12.1. The molecule has 0 heterocycles. The highest BCUT2D eigenvalue weighted by Gasteiger charge is 2.36. The van der Waals surface area contributed by atoms with E-state index >= 15 is 0 Å². The van der Waals surface area contributed by atoms with Gasteiger partial charge < -0.3 is 5.73 Å². The second kappa shape index (κ2) is 4.84. The molecule has 1 aliphatic rings. The number of hydrogen-bond donors (Lipinski definition) is 1. The highest BCUT2D eigenvalue weighted by molar-refractivity contribution is 14.1. The van der Waals surface area contributed by atoms with Gasteiger partial charge in [-0.25, -0.2) is 0 Å². The van der Waals surface area contributed by atoms with Crippen LogP contribution in [0.25, 0.3) is 0 Å². The van der Waals surface area contributed by atoms with E-state index < -0.39 is 5.54 Å². The van der Waals surface area contributed by atoms with E-state index in [1.54, 1.807) is 0 Å². The Hall–Kier alpha value is -0.420. The molecule has 1 aromatic rings. The van der Waals surface area contributed by atoms with Crippen molar-refractivity contribution in [3.8, 4) is 0 Å². The van der Waals surface area contributed by atoms with Crippen molar-refractivity contribution < 1.29 is 4.79 Å². The third-order valence-corrected chi connectivity index (χ3v) is 4.05. The quantitative estimate of drug-likeness (QED) is 0.867. The molecule has 2 nitrogen and oxygen atoms in total.